The van der Waals surface area contributed by atoms with Crippen molar-refractivity contribution in [2.45, 2.75) is 20.3 Å². The molecule has 30 heavy (non-hydrogen) atoms. The zero-order chi connectivity index (χ0) is 21.3. The zero-order valence-corrected chi connectivity index (χ0v) is 17.0. The van der Waals surface area contributed by atoms with E-state index in [1.165, 1.54) is 0 Å². The molecule has 2 N–H and O–H groups in total. The summed E-state index contributed by atoms with van der Waals surface area (Å²) in [6.45, 7) is 4.00. The van der Waals surface area contributed by atoms with Crippen molar-refractivity contribution in [3.63, 3.8) is 0 Å². The minimum Gasteiger partial charge on any atom is -0.399 e. The molecule has 0 saturated carbocycles. The van der Waals surface area contributed by atoms with Gasteiger partial charge < -0.3 is 5.73 Å². The standard InChI is InChI=1S/C25H15N3.C2H6/c26-13-18-11-17-6-5-16-12-19(28)8-10-21(16)24(17)25-20-4-2-1-3-15(20)7-9-22(25)23(18)14-27;1-2/h1-10,12H,11,28H2;1-2H3. The van der Waals surface area contributed by atoms with E-state index >= 15 is 0 Å². The van der Waals surface area contributed by atoms with Crippen LogP contribution in [0.5, 0.6) is 0 Å². The summed E-state index contributed by atoms with van der Waals surface area (Å²) in [7, 11) is 0. The van der Waals surface area contributed by atoms with Gasteiger partial charge in [-0.3, -0.25) is 0 Å². The number of fused-ring (bicyclic) bond motifs is 7. The smallest absolute Gasteiger partial charge is 0.101 e. The van der Waals surface area contributed by atoms with Crippen LogP contribution in [0.25, 0.3) is 38.2 Å². The van der Waals surface area contributed by atoms with Gasteiger partial charge in [-0.05, 0) is 50.4 Å². The van der Waals surface area contributed by atoms with Crippen molar-refractivity contribution in [1.82, 2.24) is 0 Å². The fourth-order valence-corrected chi connectivity index (χ4v) is 4.25. The number of benzene rings is 4. The average molecular weight is 387 g/mol. The second kappa shape index (κ2) is 7.74. The Labute approximate surface area is 176 Å². The van der Waals surface area contributed by atoms with Gasteiger partial charge in [0.15, 0.2) is 0 Å². The predicted molar refractivity (Wildman–Crippen MR) is 125 cm³/mol. The van der Waals surface area contributed by atoms with Gasteiger partial charge in [0.2, 0.25) is 0 Å². The minimum absolute atomic E-state index is 0.443. The fourth-order valence-electron chi connectivity index (χ4n) is 4.25. The molecule has 3 heteroatoms. The lowest BCUT2D eigenvalue weighted by Gasteiger charge is -2.16. The van der Waals surface area contributed by atoms with E-state index in [2.05, 4.69) is 30.3 Å². The van der Waals surface area contributed by atoms with Crippen LogP contribution in [-0.2, 0) is 6.42 Å². The number of anilines is 1. The molecule has 1 aliphatic carbocycles. The van der Waals surface area contributed by atoms with Gasteiger partial charge in [0.1, 0.15) is 6.07 Å². The maximum atomic E-state index is 9.89. The Kier molecular flexibility index (Phi) is 4.97. The van der Waals surface area contributed by atoms with Crippen LogP contribution in [0.1, 0.15) is 25.0 Å². The van der Waals surface area contributed by atoms with E-state index in [4.69, 9.17) is 5.73 Å². The van der Waals surface area contributed by atoms with Crippen molar-refractivity contribution < 1.29 is 0 Å². The van der Waals surface area contributed by atoms with E-state index < -0.39 is 0 Å². The number of rotatable bonds is 0. The molecule has 0 amide bonds. The van der Waals surface area contributed by atoms with Crippen LogP contribution in [0, 0.1) is 22.7 Å². The largest absolute Gasteiger partial charge is 0.399 e. The summed E-state index contributed by atoms with van der Waals surface area (Å²) in [6, 6.07) is 26.7. The highest BCUT2D eigenvalue weighted by molar-refractivity contribution is 6.12. The molecule has 144 valence electrons. The van der Waals surface area contributed by atoms with E-state index in [0.29, 0.717) is 23.3 Å². The molecule has 4 aromatic rings. The van der Waals surface area contributed by atoms with Crippen LogP contribution >= 0.6 is 0 Å². The first-order chi connectivity index (χ1) is 14.7. The molecule has 0 unspecified atom stereocenters. The first kappa shape index (κ1) is 19.2. The maximum absolute atomic E-state index is 9.89. The van der Waals surface area contributed by atoms with Crippen molar-refractivity contribution >= 4 is 32.8 Å². The van der Waals surface area contributed by atoms with Crippen LogP contribution in [0.15, 0.2) is 72.3 Å². The number of nitrogen functional groups attached to an aromatic ring is 1. The molecule has 0 aromatic heterocycles. The second-order valence-corrected chi connectivity index (χ2v) is 7.04. The molecule has 0 spiro atoms. The molecule has 1 aliphatic rings. The van der Waals surface area contributed by atoms with Gasteiger partial charge in [-0.25, -0.2) is 0 Å². The van der Waals surface area contributed by atoms with Crippen molar-refractivity contribution in [2.75, 3.05) is 5.73 Å². The number of hydrogen-bond acceptors (Lipinski definition) is 3. The third-order valence-corrected chi connectivity index (χ3v) is 5.49. The Bertz CT molecular complexity index is 1410. The van der Waals surface area contributed by atoms with E-state index in [-0.39, 0.29) is 0 Å². The van der Waals surface area contributed by atoms with Crippen LogP contribution in [0.4, 0.5) is 5.69 Å². The van der Waals surface area contributed by atoms with Crippen molar-refractivity contribution in [3.05, 3.63) is 83.4 Å². The highest BCUT2D eigenvalue weighted by Crippen LogP contribution is 2.45. The molecule has 0 aliphatic heterocycles. The Morgan fingerprint density at radius 2 is 1.50 bits per heavy atom. The topological polar surface area (TPSA) is 73.6 Å². The third-order valence-electron chi connectivity index (χ3n) is 5.49. The molecule has 4 aromatic carbocycles. The van der Waals surface area contributed by atoms with E-state index in [0.717, 1.165) is 43.8 Å². The molecule has 5 rings (SSSR count). The Morgan fingerprint density at radius 3 is 2.27 bits per heavy atom. The number of nitrogens with two attached hydrogens (primary N) is 1. The van der Waals surface area contributed by atoms with Gasteiger partial charge in [0.25, 0.3) is 0 Å². The third kappa shape index (κ3) is 2.89. The number of nitriles is 2. The van der Waals surface area contributed by atoms with E-state index in [1.54, 1.807) is 0 Å². The van der Waals surface area contributed by atoms with Gasteiger partial charge >= 0.3 is 0 Å². The highest BCUT2D eigenvalue weighted by atomic mass is 14.5. The van der Waals surface area contributed by atoms with Crippen LogP contribution < -0.4 is 5.73 Å². The van der Waals surface area contributed by atoms with Gasteiger partial charge in [0, 0.05) is 17.7 Å². The number of hydrogen-bond donors (Lipinski definition) is 1. The lowest BCUT2D eigenvalue weighted by atomic mass is 9.86. The zero-order valence-electron chi connectivity index (χ0n) is 17.0. The maximum Gasteiger partial charge on any atom is 0.101 e. The summed E-state index contributed by atoms with van der Waals surface area (Å²) < 4.78 is 0. The molecule has 0 saturated heterocycles. The quantitative estimate of drug-likeness (QED) is 0.344. The summed E-state index contributed by atoms with van der Waals surface area (Å²) in [6.07, 6.45) is 0.443. The molecule has 0 heterocycles. The Morgan fingerprint density at radius 1 is 0.767 bits per heavy atom. The summed E-state index contributed by atoms with van der Waals surface area (Å²) >= 11 is 0. The van der Waals surface area contributed by atoms with Gasteiger partial charge in [-0.15, -0.1) is 0 Å². The summed E-state index contributed by atoms with van der Waals surface area (Å²) in [5, 5.41) is 24.0. The monoisotopic (exact) mass is 387 g/mol. The number of allylic oxidation sites excluding steroid dienone is 2. The van der Waals surface area contributed by atoms with Crippen molar-refractivity contribution in [3.8, 4) is 23.3 Å². The summed E-state index contributed by atoms with van der Waals surface area (Å²) in [5.74, 6) is 0. The Balaban J connectivity index is 0.00000106. The minimum atomic E-state index is 0.443. The average Bonchev–Trinajstić information content (AvgIpc) is 2.94. The summed E-state index contributed by atoms with van der Waals surface area (Å²) in [5.41, 5.74) is 11.7. The molecule has 3 nitrogen and oxygen atoms in total. The molecular weight excluding hydrogens is 366 g/mol. The van der Waals surface area contributed by atoms with Gasteiger partial charge in [-0.1, -0.05) is 68.4 Å². The molecule has 0 bridgehead atoms. The predicted octanol–water partition coefficient (Wildman–Crippen LogP) is 6.63. The number of nitrogens with zero attached hydrogens (tertiary/aromatic N) is 2. The van der Waals surface area contributed by atoms with E-state index in [9.17, 15) is 10.5 Å². The van der Waals surface area contributed by atoms with Crippen LogP contribution in [0.3, 0.4) is 0 Å². The first-order valence-electron chi connectivity index (χ1n) is 10.1. The molecule has 0 atom stereocenters. The molecular formula is C27H21N3. The highest BCUT2D eigenvalue weighted by Gasteiger charge is 2.25. The van der Waals surface area contributed by atoms with Gasteiger partial charge in [-0.2, -0.15) is 10.5 Å². The first-order valence-corrected chi connectivity index (χ1v) is 10.1. The van der Waals surface area contributed by atoms with Crippen molar-refractivity contribution in [1.29, 1.82) is 10.5 Å². The van der Waals surface area contributed by atoms with Crippen LogP contribution in [-0.4, -0.2) is 0 Å². The lowest BCUT2D eigenvalue weighted by molar-refractivity contribution is 1.22. The lowest BCUT2D eigenvalue weighted by Crippen LogP contribution is -1.94. The summed E-state index contributed by atoms with van der Waals surface area (Å²) in [4.78, 5) is 0. The van der Waals surface area contributed by atoms with Crippen molar-refractivity contribution in [2.24, 2.45) is 0 Å². The van der Waals surface area contributed by atoms with E-state index in [1.807, 2.05) is 62.4 Å². The SMILES string of the molecule is CC.N#CC1=C(C#N)c2ccc3ccccc3c2-c2c(ccc3cc(N)ccc23)C1. The second-order valence-electron chi connectivity index (χ2n) is 7.04. The molecule has 0 fully saturated rings. The van der Waals surface area contributed by atoms with Crippen LogP contribution in [0.2, 0.25) is 0 Å². The fraction of sp³-hybridized carbons (Fsp3) is 0.111. The normalized spacial score (nSPS) is 12.1. The molecule has 0 radical (unpaired) electrons. The van der Waals surface area contributed by atoms with Gasteiger partial charge in [0.05, 0.1) is 17.2 Å². The Hall–Kier alpha value is -4.08.